The Bertz CT molecular complexity index is 288. The van der Waals surface area contributed by atoms with Crippen LogP contribution in [0.1, 0.15) is 37.8 Å². The van der Waals surface area contributed by atoms with Crippen molar-refractivity contribution in [1.29, 1.82) is 0 Å². The molecule has 0 unspecified atom stereocenters. The van der Waals surface area contributed by atoms with Gasteiger partial charge in [0.2, 0.25) is 0 Å². The lowest BCUT2D eigenvalue weighted by Crippen LogP contribution is -2.15. The van der Waals surface area contributed by atoms with E-state index in [1.807, 2.05) is 25.3 Å². The number of aromatic nitrogens is 1. The topological polar surface area (TPSA) is 22.1 Å². The molecular weight excluding hydrogens is 186 g/mol. The van der Waals surface area contributed by atoms with Gasteiger partial charge in [-0.1, -0.05) is 19.3 Å². The maximum atomic E-state index is 5.74. The van der Waals surface area contributed by atoms with E-state index in [4.69, 9.17) is 4.74 Å². The lowest BCUT2D eigenvalue weighted by molar-refractivity contribution is 0.208. The summed E-state index contributed by atoms with van der Waals surface area (Å²) in [6.07, 6.45) is 8.64. The Hall–Kier alpha value is -1.05. The molecule has 1 saturated carbocycles. The second kappa shape index (κ2) is 5.15. The van der Waals surface area contributed by atoms with Crippen molar-refractivity contribution < 1.29 is 4.74 Å². The summed E-state index contributed by atoms with van der Waals surface area (Å²) in [6.45, 7) is 2.86. The summed E-state index contributed by atoms with van der Waals surface area (Å²) in [5.41, 5.74) is 1.04. The van der Waals surface area contributed by atoms with Gasteiger partial charge < -0.3 is 4.74 Å². The van der Waals surface area contributed by atoms with Crippen molar-refractivity contribution in [3.05, 3.63) is 24.0 Å². The van der Waals surface area contributed by atoms with Gasteiger partial charge in [0.15, 0.2) is 0 Å². The predicted octanol–water partition coefficient (Wildman–Crippen LogP) is 3.35. The van der Waals surface area contributed by atoms with E-state index in [1.54, 1.807) is 0 Å². The number of hydrogen-bond acceptors (Lipinski definition) is 2. The number of rotatable bonds is 3. The van der Waals surface area contributed by atoms with Crippen LogP contribution >= 0.6 is 0 Å². The van der Waals surface area contributed by atoms with Crippen molar-refractivity contribution in [1.82, 2.24) is 4.98 Å². The van der Waals surface area contributed by atoms with Crippen molar-refractivity contribution >= 4 is 0 Å². The molecule has 0 N–H and O–H groups in total. The molecule has 1 heterocycles. The Morgan fingerprint density at radius 3 is 2.73 bits per heavy atom. The molecule has 1 fully saturated rings. The Morgan fingerprint density at radius 2 is 2.07 bits per heavy atom. The molecule has 0 saturated heterocycles. The predicted molar refractivity (Wildman–Crippen MR) is 61.0 cm³/mol. The van der Waals surface area contributed by atoms with Gasteiger partial charge in [0.25, 0.3) is 0 Å². The van der Waals surface area contributed by atoms with Gasteiger partial charge in [-0.05, 0) is 37.8 Å². The van der Waals surface area contributed by atoms with Gasteiger partial charge in [0.1, 0.15) is 5.75 Å². The first-order valence-electron chi connectivity index (χ1n) is 5.90. The van der Waals surface area contributed by atoms with Gasteiger partial charge in [-0.15, -0.1) is 0 Å². The quantitative estimate of drug-likeness (QED) is 0.755. The van der Waals surface area contributed by atoms with Crippen molar-refractivity contribution in [2.45, 2.75) is 39.0 Å². The lowest BCUT2D eigenvalue weighted by Gasteiger charge is -2.21. The fourth-order valence-electron chi connectivity index (χ4n) is 2.11. The fraction of sp³-hybridized carbons (Fsp3) is 0.615. The van der Waals surface area contributed by atoms with Crippen LogP contribution in [-0.2, 0) is 0 Å². The van der Waals surface area contributed by atoms with Crippen molar-refractivity contribution in [2.24, 2.45) is 5.92 Å². The lowest BCUT2D eigenvalue weighted by atomic mass is 9.90. The van der Waals surface area contributed by atoms with Gasteiger partial charge in [-0.25, -0.2) is 0 Å². The SMILES string of the molecule is Cc1ccc(OCC2CCCCC2)cn1. The summed E-state index contributed by atoms with van der Waals surface area (Å²) in [5.74, 6) is 1.67. The molecule has 1 aliphatic rings. The van der Waals surface area contributed by atoms with E-state index in [-0.39, 0.29) is 0 Å². The van der Waals surface area contributed by atoms with Gasteiger partial charge in [0, 0.05) is 5.69 Å². The summed E-state index contributed by atoms with van der Waals surface area (Å²) in [7, 11) is 0. The maximum absolute atomic E-state index is 5.74. The van der Waals surface area contributed by atoms with Crippen LogP contribution in [0.2, 0.25) is 0 Å². The Labute approximate surface area is 91.7 Å². The molecule has 0 radical (unpaired) electrons. The molecule has 0 aliphatic heterocycles. The summed E-state index contributed by atoms with van der Waals surface area (Å²) in [4.78, 5) is 4.22. The van der Waals surface area contributed by atoms with Crippen LogP contribution in [0.15, 0.2) is 18.3 Å². The summed E-state index contributed by atoms with van der Waals surface area (Å²) in [5, 5.41) is 0. The summed E-state index contributed by atoms with van der Waals surface area (Å²) in [6, 6.07) is 4.00. The van der Waals surface area contributed by atoms with Gasteiger partial charge in [-0.2, -0.15) is 0 Å². The third kappa shape index (κ3) is 3.22. The first kappa shape index (κ1) is 10.5. The van der Waals surface area contributed by atoms with Crippen molar-refractivity contribution in [2.75, 3.05) is 6.61 Å². The van der Waals surface area contributed by atoms with Gasteiger partial charge in [0.05, 0.1) is 12.8 Å². The van der Waals surface area contributed by atoms with Crippen LogP contribution in [0.3, 0.4) is 0 Å². The normalized spacial score (nSPS) is 17.7. The Kier molecular flexibility index (Phi) is 3.59. The van der Waals surface area contributed by atoms with E-state index in [0.29, 0.717) is 0 Å². The number of hydrogen-bond donors (Lipinski definition) is 0. The molecule has 15 heavy (non-hydrogen) atoms. The van der Waals surface area contributed by atoms with Crippen LogP contribution in [0.4, 0.5) is 0 Å². The van der Waals surface area contributed by atoms with E-state index in [2.05, 4.69) is 4.98 Å². The molecule has 0 amide bonds. The van der Waals surface area contributed by atoms with Crippen LogP contribution in [0.25, 0.3) is 0 Å². The molecule has 0 aromatic carbocycles. The largest absolute Gasteiger partial charge is 0.492 e. The molecule has 1 aromatic rings. The van der Waals surface area contributed by atoms with E-state index in [9.17, 15) is 0 Å². The highest BCUT2D eigenvalue weighted by atomic mass is 16.5. The fourth-order valence-corrected chi connectivity index (χ4v) is 2.11. The molecule has 82 valence electrons. The summed E-state index contributed by atoms with van der Waals surface area (Å²) < 4.78 is 5.74. The zero-order valence-corrected chi connectivity index (χ0v) is 9.41. The van der Waals surface area contributed by atoms with E-state index < -0.39 is 0 Å². The first-order valence-corrected chi connectivity index (χ1v) is 5.90. The van der Waals surface area contributed by atoms with Crippen LogP contribution in [-0.4, -0.2) is 11.6 Å². The van der Waals surface area contributed by atoms with Crippen LogP contribution in [0.5, 0.6) is 5.75 Å². The van der Waals surface area contributed by atoms with Crippen molar-refractivity contribution in [3.8, 4) is 5.75 Å². The number of aryl methyl sites for hydroxylation is 1. The molecule has 0 atom stereocenters. The molecule has 2 rings (SSSR count). The molecule has 2 heteroatoms. The van der Waals surface area contributed by atoms with Gasteiger partial charge >= 0.3 is 0 Å². The molecule has 2 nitrogen and oxygen atoms in total. The second-order valence-corrected chi connectivity index (χ2v) is 4.45. The Balaban J connectivity index is 1.79. The highest BCUT2D eigenvalue weighted by Gasteiger charge is 2.13. The number of nitrogens with zero attached hydrogens (tertiary/aromatic N) is 1. The maximum Gasteiger partial charge on any atom is 0.137 e. The monoisotopic (exact) mass is 205 g/mol. The zero-order valence-electron chi connectivity index (χ0n) is 9.41. The average molecular weight is 205 g/mol. The minimum absolute atomic E-state index is 0.764. The second-order valence-electron chi connectivity index (χ2n) is 4.45. The minimum Gasteiger partial charge on any atom is -0.492 e. The van der Waals surface area contributed by atoms with Crippen molar-refractivity contribution in [3.63, 3.8) is 0 Å². The zero-order chi connectivity index (χ0) is 10.5. The minimum atomic E-state index is 0.764. The van der Waals surface area contributed by atoms with E-state index in [0.717, 1.165) is 24.0 Å². The molecule has 0 spiro atoms. The van der Waals surface area contributed by atoms with Crippen LogP contribution < -0.4 is 4.74 Å². The molecular formula is C13H19NO. The standard InChI is InChI=1S/C13H19NO/c1-11-7-8-13(9-14-11)15-10-12-5-3-2-4-6-12/h7-9,12H,2-6,10H2,1H3. The molecule has 1 aromatic heterocycles. The van der Waals surface area contributed by atoms with Gasteiger partial charge in [-0.3, -0.25) is 4.98 Å². The first-order chi connectivity index (χ1) is 7.34. The number of pyridine rings is 1. The Morgan fingerprint density at radius 1 is 1.27 bits per heavy atom. The van der Waals surface area contributed by atoms with E-state index >= 15 is 0 Å². The summed E-state index contributed by atoms with van der Waals surface area (Å²) >= 11 is 0. The van der Waals surface area contributed by atoms with E-state index in [1.165, 1.54) is 32.1 Å². The van der Waals surface area contributed by atoms with Crippen LogP contribution in [0, 0.1) is 12.8 Å². The number of ether oxygens (including phenoxy) is 1. The average Bonchev–Trinajstić information content (AvgIpc) is 2.30. The highest BCUT2D eigenvalue weighted by molar-refractivity contribution is 5.18. The molecule has 0 bridgehead atoms. The smallest absolute Gasteiger partial charge is 0.137 e. The molecule has 1 aliphatic carbocycles. The highest BCUT2D eigenvalue weighted by Crippen LogP contribution is 2.24. The third-order valence-corrected chi connectivity index (χ3v) is 3.09. The third-order valence-electron chi connectivity index (χ3n) is 3.09.